The Morgan fingerprint density at radius 2 is 1.57 bits per heavy atom. The third-order valence-electron chi connectivity index (χ3n) is 2.46. The minimum Gasteiger partial charge on any atom is -0.317 e. The van der Waals surface area contributed by atoms with Crippen LogP contribution < -0.4 is 5.32 Å². The van der Waals surface area contributed by atoms with Crippen LogP contribution in [0.3, 0.4) is 0 Å². The van der Waals surface area contributed by atoms with E-state index in [2.05, 4.69) is 31.1 Å². The molecule has 14 heavy (non-hydrogen) atoms. The second-order valence-corrected chi connectivity index (χ2v) is 4.11. The first-order valence-corrected chi connectivity index (χ1v) is 6.20. The molecule has 0 bridgehead atoms. The molecule has 0 unspecified atom stereocenters. The van der Waals surface area contributed by atoms with Crippen molar-refractivity contribution in [3.05, 3.63) is 0 Å². The predicted molar refractivity (Wildman–Crippen MR) is 64.8 cm³/mol. The molecule has 0 aliphatic carbocycles. The first kappa shape index (κ1) is 13.9. The summed E-state index contributed by atoms with van der Waals surface area (Å²) in [5, 5.41) is 3.43. The minimum atomic E-state index is 1.17. The maximum Gasteiger partial charge on any atom is -0.000969 e. The quantitative estimate of drug-likeness (QED) is 0.545. The third-order valence-corrected chi connectivity index (χ3v) is 2.46. The third kappa shape index (κ3) is 10.0. The van der Waals surface area contributed by atoms with E-state index in [0.29, 0.717) is 0 Å². The highest BCUT2D eigenvalue weighted by Crippen LogP contribution is 1.96. The molecule has 0 aromatic rings. The Morgan fingerprint density at radius 3 is 2.21 bits per heavy atom. The van der Waals surface area contributed by atoms with Crippen LogP contribution in [0.4, 0.5) is 0 Å². The van der Waals surface area contributed by atoms with E-state index in [-0.39, 0.29) is 0 Å². The van der Waals surface area contributed by atoms with Crippen molar-refractivity contribution in [2.75, 3.05) is 33.2 Å². The zero-order valence-corrected chi connectivity index (χ0v) is 10.3. The normalized spacial score (nSPS) is 11.1. The van der Waals surface area contributed by atoms with E-state index in [4.69, 9.17) is 0 Å². The van der Waals surface area contributed by atoms with Crippen LogP contribution in [-0.4, -0.2) is 38.1 Å². The Labute approximate surface area is 90.1 Å². The van der Waals surface area contributed by atoms with Crippen molar-refractivity contribution in [1.29, 1.82) is 0 Å². The van der Waals surface area contributed by atoms with Gasteiger partial charge in [-0.1, -0.05) is 26.7 Å². The second kappa shape index (κ2) is 11.0. The van der Waals surface area contributed by atoms with E-state index in [9.17, 15) is 0 Å². The number of unbranched alkanes of at least 4 members (excludes halogenated alkanes) is 2. The number of rotatable bonds is 10. The lowest BCUT2D eigenvalue weighted by atomic mass is 10.2. The molecule has 0 radical (unpaired) electrons. The molecule has 0 aromatic heterocycles. The first-order valence-electron chi connectivity index (χ1n) is 6.20. The summed E-state index contributed by atoms with van der Waals surface area (Å²) in [5.74, 6) is 0. The highest BCUT2D eigenvalue weighted by molar-refractivity contribution is 4.54. The standard InChI is InChI=1S/C12H28N2/c1-4-6-7-11-14(3)12-8-10-13-9-5-2/h13H,4-12H2,1-3H3. The molecule has 0 aliphatic heterocycles. The van der Waals surface area contributed by atoms with Crippen molar-refractivity contribution in [3.8, 4) is 0 Å². The van der Waals surface area contributed by atoms with E-state index < -0.39 is 0 Å². The largest absolute Gasteiger partial charge is 0.317 e. The van der Waals surface area contributed by atoms with Crippen LogP contribution in [0, 0.1) is 0 Å². The Morgan fingerprint density at radius 1 is 0.857 bits per heavy atom. The molecule has 2 heteroatoms. The maximum absolute atomic E-state index is 3.43. The molecule has 0 spiro atoms. The molecule has 0 aliphatic rings. The SMILES string of the molecule is CCCCCN(C)CCCNCCC. The topological polar surface area (TPSA) is 15.3 Å². The van der Waals surface area contributed by atoms with Gasteiger partial charge in [0.1, 0.15) is 0 Å². The van der Waals surface area contributed by atoms with E-state index in [1.807, 2.05) is 0 Å². The van der Waals surface area contributed by atoms with E-state index >= 15 is 0 Å². The molecule has 0 saturated carbocycles. The van der Waals surface area contributed by atoms with Crippen LogP contribution in [0.2, 0.25) is 0 Å². The van der Waals surface area contributed by atoms with Crippen molar-refractivity contribution in [2.45, 2.75) is 46.0 Å². The molecule has 2 nitrogen and oxygen atoms in total. The van der Waals surface area contributed by atoms with Crippen LogP contribution in [-0.2, 0) is 0 Å². The number of nitrogens with zero attached hydrogens (tertiary/aromatic N) is 1. The zero-order chi connectivity index (χ0) is 10.6. The summed E-state index contributed by atoms with van der Waals surface area (Å²) in [4.78, 5) is 2.45. The van der Waals surface area contributed by atoms with E-state index in [1.54, 1.807) is 0 Å². The van der Waals surface area contributed by atoms with Gasteiger partial charge in [-0.2, -0.15) is 0 Å². The number of hydrogen-bond acceptors (Lipinski definition) is 2. The van der Waals surface area contributed by atoms with Crippen molar-refractivity contribution in [1.82, 2.24) is 10.2 Å². The Hall–Kier alpha value is -0.0800. The maximum atomic E-state index is 3.43. The lowest BCUT2D eigenvalue weighted by molar-refractivity contribution is 0.319. The Bertz CT molecular complexity index is 104. The van der Waals surface area contributed by atoms with E-state index in [1.165, 1.54) is 58.3 Å². The van der Waals surface area contributed by atoms with Gasteiger partial charge in [0.2, 0.25) is 0 Å². The number of hydrogen-bond donors (Lipinski definition) is 1. The van der Waals surface area contributed by atoms with Crippen molar-refractivity contribution >= 4 is 0 Å². The summed E-state index contributed by atoms with van der Waals surface area (Å²) in [5.41, 5.74) is 0. The summed E-state index contributed by atoms with van der Waals surface area (Å²) in [6.45, 7) is 9.31. The minimum absolute atomic E-state index is 1.17. The molecule has 0 aromatic carbocycles. The molecule has 86 valence electrons. The van der Waals surface area contributed by atoms with Crippen LogP contribution in [0.5, 0.6) is 0 Å². The molecule has 0 fully saturated rings. The van der Waals surface area contributed by atoms with Gasteiger partial charge < -0.3 is 10.2 Å². The molecule has 0 amide bonds. The molecule has 0 heterocycles. The first-order chi connectivity index (χ1) is 6.81. The van der Waals surface area contributed by atoms with E-state index in [0.717, 1.165) is 0 Å². The van der Waals surface area contributed by atoms with Gasteiger partial charge in [0.15, 0.2) is 0 Å². The summed E-state index contributed by atoms with van der Waals surface area (Å²) in [7, 11) is 2.23. The molecule has 0 saturated heterocycles. The number of nitrogens with one attached hydrogen (secondary N) is 1. The predicted octanol–water partition coefficient (Wildman–Crippen LogP) is 2.50. The van der Waals surface area contributed by atoms with Crippen molar-refractivity contribution in [2.24, 2.45) is 0 Å². The monoisotopic (exact) mass is 200 g/mol. The highest BCUT2D eigenvalue weighted by atomic mass is 15.1. The molecular weight excluding hydrogens is 172 g/mol. The van der Waals surface area contributed by atoms with Crippen LogP contribution >= 0.6 is 0 Å². The van der Waals surface area contributed by atoms with Gasteiger partial charge in [-0.15, -0.1) is 0 Å². The lowest BCUT2D eigenvalue weighted by Gasteiger charge is -2.16. The Balaban J connectivity index is 3.06. The van der Waals surface area contributed by atoms with Gasteiger partial charge >= 0.3 is 0 Å². The summed E-state index contributed by atoms with van der Waals surface area (Å²) in [6.07, 6.45) is 6.58. The average molecular weight is 200 g/mol. The fourth-order valence-electron chi connectivity index (χ4n) is 1.52. The fourth-order valence-corrected chi connectivity index (χ4v) is 1.52. The van der Waals surface area contributed by atoms with Gasteiger partial charge in [0, 0.05) is 0 Å². The molecule has 0 atom stereocenters. The van der Waals surface area contributed by atoms with Gasteiger partial charge in [0.25, 0.3) is 0 Å². The van der Waals surface area contributed by atoms with Crippen molar-refractivity contribution < 1.29 is 0 Å². The summed E-state index contributed by atoms with van der Waals surface area (Å²) < 4.78 is 0. The van der Waals surface area contributed by atoms with Crippen LogP contribution in [0.25, 0.3) is 0 Å². The lowest BCUT2D eigenvalue weighted by Crippen LogP contribution is -2.25. The molecule has 1 N–H and O–H groups in total. The second-order valence-electron chi connectivity index (χ2n) is 4.11. The smallest absolute Gasteiger partial charge is 0.000969 e. The summed E-state index contributed by atoms with van der Waals surface area (Å²) in [6, 6.07) is 0. The molecule has 0 rings (SSSR count). The van der Waals surface area contributed by atoms with Gasteiger partial charge in [0.05, 0.1) is 0 Å². The molecular formula is C12H28N2. The summed E-state index contributed by atoms with van der Waals surface area (Å²) >= 11 is 0. The van der Waals surface area contributed by atoms with Gasteiger partial charge in [-0.05, 0) is 52.5 Å². The van der Waals surface area contributed by atoms with Gasteiger partial charge in [-0.3, -0.25) is 0 Å². The average Bonchev–Trinajstić information content (AvgIpc) is 2.18. The van der Waals surface area contributed by atoms with Crippen LogP contribution in [0.15, 0.2) is 0 Å². The fraction of sp³-hybridized carbons (Fsp3) is 1.00. The highest BCUT2D eigenvalue weighted by Gasteiger charge is 1.96. The van der Waals surface area contributed by atoms with Crippen LogP contribution in [0.1, 0.15) is 46.0 Å². The van der Waals surface area contributed by atoms with Gasteiger partial charge in [-0.25, -0.2) is 0 Å². The van der Waals surface area contributed by atoms with Crippen molar-refractivity contribution in [3.63, 3.8) is 0 Å². The zero-order valence-electron chi connectivity index (χ0n) is 10.3. The Kier molecular flexibility index (Phi) is 10.9.